The van der Waals surface area contributed by atoms with Crippen LogP contribution in [0.5, 0.6) is 0 Å². The van der Waals surface area contributed by atoms with E-state index in [1.54, 1.807) is 18.2 Å². The molecule has 1 saturated heterocycles. The van der Waals surface area contributed by atoms with Crippen molar-refractivity contribution in [2.45, 2.75) is 12.6 Å². The summed E-state index contributed by atoms with van der Waals surface area (Å²) in [5.74, 6) is -0.217. The molecule has 1 aromatic rings. The Labute approximate surface area is 94.0 Å². The molecule has 1 atom stereocenters. The van der Waals surface area contributed by atoms with Gasteiger partial charge in [0.1, 0.15) is 11.9 Å². The summed E-state index contributed by atoms with van der Waals surface area (Å²) in [5.41, 5.74) is 0.629. The maximum atomic E-state index is 13.4. The van der Waals surface area contributed by atoms with Gasteiger partial charge in [-0.05, 0) is 6.07 Å². The lowest BCUT2D eigenvalue weighted by atomic mass is 10.1. The lowest BCUT2D eigenvalue weighted by Gasteiger charge is -2.31. The first-order valence-corrected chi connectivity index (χ1v) is 5.26. The number of hydrogen-bond acceptors (Lipinski definition) is 3. The van der Waals surface area contributed by atoms with Crippen molar-refractivity contribution in [3.05, 3.63) is 35.6 Å². The number of rotatable bonds is 2. The fraction of sp³-hybridized carbons (Fsp3) is 0.417. The van der Waals surface area contributed by atoms with Gasteiger partial charge in [0.15, 0.2) is 0 Å². The van der Waals surface area contributed by atoms with E-state index in [-0.39, 0.29) is 11.9 Å². The summed E-state index contributed by atoms with van der Waals surface area (Å²) >= 11 is 0. The van der Waals surface area contributed by atoms with Gasteiger partial charge in [-0.1, -0.05) is 18.2 Å². The van der Waals surface area contributed by atoms with Crippen LogP contribution in [0.2, 0.25) is 0 Å². The summed E-state index contributed by atoms with van der Waals surface area (Å²) in [6.07, 6.45) is 0. The molecule has 0 radical (unpaired) electrons. The smallest absolute Gasteiger partial charge is 0.127 e. The zero-order valence-corrected chi connectivity index (χ0v) is 8.90. The molecular formula is C12H13FN2O. The van der Waals surface area contributed by atoms with Gasteiger partial charge in [0.2, 0.25) is 0 Å². The van der Waals surface area contributed by atoms with Crippen LogP contribution < -0.4 is 0 Å². The highest BCUT2D eigenvalue weighted by Gasteiger charge is 2.23. The van der Waals surface area contributed by atoms with Crippen LogP contribution in [-0.2, 0) is 11.3 Å². The lowest BCUT2D eigenvalue weighted by molar-refractivity contribution is 0.00845. The van der Waals surface area contributed by atoms with Crippen molar-refractivity contribution in [1.29, 1.82) is 5.26 Å². The van der Waals surface area contributed by atoms with Gasteiger partial charge >= 0.3 is 0 Å². The first kappa shape index (κ1) is 11.1. The quantitative estimate of drug-likeness (QED) is 0.758. The molecule has 4 heteroatoms. The van der Waals surface area contributed by atoms with Gasteiger partial charge in [-0.2, -0.15) is 5.26 Å². The molecule has 0 N–H and O–H groups in total. The molecule has 0 aromatic heterocycles. The van der Waals surface area contributed by atoms with Gasteiger partial charge in [-0.25, -0.2) is 4.39 Å². The van der Waals surface area contributed by atoms with Crippen molar-refractivity contribution in [3.63, 3.8) is 0 Å². The minimum Gasteiger partial charge on any atom is -0.377 e. The van der Waals surface area contributed by atoms with Crippen molar-refractivity contribution in [1.82, 2.24) is 4.90 Å². The fourth-order valence-electron chi connectivity index (χ4n) is 1.79. The predicted molar refractivity (Wildman–Crippen MR) is 57.0 cm³/mol. The van der Waals surface area contributed by atoms with Crippen LogP contribution in [-0.4, -0.2) is 30.7 Å². The molecule has 0 spiro atoms. The van der Waals surface area contributed by atoms with Crippen molar-refractivity contribution in [3.8, 4) is 6.07 Å². The zero-order valence-electron chi connectivity index (χ0n) is 8.90. The fourth-order valence-corrected chi connectivity index (χ4v) is 1.79. The number of hydrogen-bond donors (Lipinski definition) is 0. The average Bonchev–Trinajstić information content (AvgIpc) is 2.33. The number of halogens is 1. The molecular weight excluding hydrogens is 207 g/mol. The Morgan fingerprint density at radius 3 is 3.06 bits per heavy atom. The summed E-state index contributed by atoms with van der Waals surface area (Å²) in [6, 6.07) is 8.57. The second kappa shape index (κ2) is 5.06. The van der Waals surface area contributed by atoms with Crippen molar-refractivity contribution in [2.75, 3.05) is 19.8 Å². The van der Waals surface area contributed by atoms with Crippen LogP contribution in [0.15, 0.2) is 24.3 Å². The predicted octanol–water partition coefficient (Wildman–Crippen LogP) is 1.55. The normalized spacial score (nSPS) is 21.6. The van der Waals surface area contributed by atoms with E-state index < -0.39 is 0 Å². The third kappa shape index (κ3) is 2.38. The number of nitrogens with zero attached hydrogens (tertiary/aromatic N) is 2. The SMILES string of the molecule is N#CC1COCCN1Cc1ccccc1F. The van der Waals surface area contributed by atoms with Gasteiger partial charge in [-0.15, -0.1) is 0 Å². The first-order chi connectivity index (χ1) is 7.81. The highest BCUT2D eigenvalue weighted by atomic mass is 19.1. The Kier molecular flexibility index (Phi) is 3.50. The van der Waals surface area contributed by atoms with Gasteiger partial charge in [0.05, 0.1) is 19.3 Å². The summed E-state index contributed by atoms with van der Waals surface area (Å²) in [7, 11) is 0. The molecule has 3 nitrogen and oxygen atoms in total. The van der Waals surface area contributed by atoms with E-state index in [1.165, 1.54) is 6.07 Å². The number of ether oxygens (including phenoxy) is 1. The summed E-state index contributed by atoms with van der Waals surface area (Å²) in [6.45, 7) is 2.15. The van der Waals surface area contributed by atoms with Gasteiger partial charge in [0, 0.05) is 18.7 Å². The van der Waals surface area contributed by atoms with Crippen LogP contribution in [0.25, 0.3) is 0 Å². The Morgan fingerprint density at radius 1 is 1.50 bits per heavy atom. The molecule has 0 aliphatic carbocycles. The first-order valence-electron chi connectivity index (χ1n) is 5.26. The maximum Gasteiger partial charge on any atom is 0.127 e. The molecule has 1 aliphatic heterocycles. The molecule has 1 unspecified atom stereocenters. The third-order valence-electron chi connectivity index (χ3n) is 2.72. The molecule has 1 heterocycles. The van der Waals surface area contributed by atoms with E-state index in [4.69, 9.17) is 10.00 Å². The Morgan fingerprint density at radius 2 is 2.31 bits per heavy atom. The molecule has 1 aliphatic rings. The lowest BCUT2D eigenvalue weighted by Crippen LogP contribution is -2.44. The summed E-state index contributed by atoms with van der Waals surface area (Å²) in [4.78, 5) is 1.95. The number of nitriles is 1. The third-order valence-corrected chi connectivity index (χ3v) is 2.72. The summed E-state index contributed by atoms with van der Waals surface area (Å²) in [5, 5.41) is 8.94. The highest BCUT2D eigenvalue weighted by Crippen LogP contribution is 2.14. The maximum absolute atomic E-state index is 13.4. The van der Waals surface area contributed by atoms with Crippen LogP contribution >= 0.6 is 0 Å². The van der Waals surface area contributed by atoms with Crippen LogP contribution in [0.3, 0.4) is 0 Å². The van der Waals surface area contributed by atoms with E-state index in [9.17, 15) is 4.39 Å². The molecule has 1 aromatic carbocycles. The Balaban J connectivity index is 2.09. The van der Waals surface area contributed by atoms with Crippen molar-refractivity contribution < 1.29 is 9.13 Å². The van der Waals surface area contributed by atoms with Crippen LogP contribution in [0.1, 0.15) is 5.56 Å². The monoisotopic (exact) mass is 220 g/mol. The van der Waals surface area contributed by atoms with E-state index in [0.717, 1.165) is 0 Å². The van der Waals surface area contributed by atoms with Crippen molar-refractivity contribution in [2.24, 2.45) is 0 Å². The number of benzene rings is 1. The zero-order chi connectivity index (χ0) is 11.4. The molecule has 84 valence electrons. The molecule has 0 saturated carbocycles. The Bertz CT molecular complexity index is 402. The molecule has 1 fully saturated rings. The molecule has 0 bridgehead atoms. The molecule has 2 rings (SSSR count). The second-order valence-electron chi connectivity index (χ2n) is 3.78. The standard InChI is InChI=1S/C12H13FN2O/c13-12-4-2-1-3-10(12)8-15-5-6-16-9-11(15)7-14/h1-4,11H,5-6,8-9H2. The second-order valence-corrected chi connectivity index (χ2v) is 3.78. The van der Waals surface area contributed by atoms with Gasteiger partial charge in [0.25, 0.3) is 0 Å². The average molecular weight is 220 g/mol. The minimum atomic E-state index is -0.270. The largest absolute Gasteiger partial charge is 0.377 e. The highest BCUT2D eigenvalue weighted by molar-refractivity contribution is 5.17. The Hall–Kier alpha value is -1.44. The van der Waals surface area contributed by atoms with E-state index in [1.807, 2.05) is 4.90 Å². The number of morpholine rings is 1. The van der Waals surface area contributed by atoms with Crippen molar-refractivity contribution >= 4 is 0 Å². The van der Waals surface area contributed by atoms with Gasteiger partial charge < -0.3 is 4.74 Å². The van der Waals surface area contributed by atoms with E-state index in [0.29, 0.717) is 31.9 Å². The molecule has 16 heavy (non-hydrogen) atoms. The van der Waals surface area contributed by atoms with Gasteiger partial charge in [-0.3, -0.25) is 4.90 Å². The van der Waals surface area contributed by atoms with E-state index in [2.05, 4.69) is 6.07 Å². The molecule has 0 amide bonds. The van der Waals surface area contributed by atoms with Crippen LogP contribution in [0, 0.1) is 17.1 Å². The summed E-state index contributed by atoms with van der Waals surface area (Å²) < 4.78 is 18.6. The van der Waals surface area contributed by atoms with E-state index >= 15 is 0 Å². The minimum absolute atomic E-state index is 0.217. The van der Waals surface area contributed by atoms with Crippen LogP contribution in [0.4, 0.5) is 4.39 Å². The topological polar surface area (TPSA) is 36.3 Å².